The van der Waals surface area contributed by atoms with E-state index in [-0.39, 0.29) is 11.4 Å². The molecule has 35 heavy (non-hydrogen) atoms. The molecule has 4 rings (SSSR count). The van der Waals surface area contributed by atoms with Crippen LogP contribution in [0.4, 0.5) is 5.82 Å². The van der Waals surface area contributed by atoms with Crippen molar-refractivity contribution in [3.8, 4) is 11.5 Å². The fourth-order valence-electron chi connectivity index (χ4n) is 4.90. The number of aromatic amines is 1. The molecule has 1 aliphatic heterocycles. The number of aromatic nitrogens is 2. The van der Waals surface area contributed by atoms with Gasteiger partial charge in [-0.2, -0.15) is 5.10 Å². The van der Waals surface area contributed by atoms with E-state index in [0.29, 0.717) is 23.5 Å². The first-order chi connectivity index (χ1) is 16.8. The minimum atomic E-state index is -0.138. The van der Waals surface area contributed by atoms with Crippen LogP contribution >= 0.6 is 0 Å². The summed E-state index contributed by atoms with van der Waals surface area (Å²) in [6.45, 7) is 8.69. The van der Waals surface area contributed by atoms with Gasteiger partial charge in [-0.1, -0.05) is 18.2 Å². The number of carbonyl (C=O) groups excluding carboxylic acids is 1. The highest BCUT2D eigenvalue weighted by molar-refractivity contribution is 6.05. The number of nitrogens with zero attached hydrogens (tertiary/aromatic N) is 2. The molecule has 1 fully saturated rings. The lowest BCUT2D eigenvalue weighted by molar-refractivity contribution is -0.112. The van der Waals surface area contributed by atoms with E-state index in [0.717, 1.165) is 55.1 Å². The molecule has 3 N–H and O–H groups in total. The quantitative estimate of drug-likeness (QED) is 0.537. The van der Waals surface area contributed by atoms with Gasteiger partial charge in [-0.25, -0.2) is 0 Å². The van der Waals surface area contributed by atoms with Crippen LogP contribution in [-0.4, -0.2) is 65.9 Å². The lowest BCUT2D eigenvalue weighted by Gasteiger charge is -2.46. The lowest BCUT2D eigenvalue weighted by Crippen LogP contribution is -2.60. The molecule has 1 saturated heterocycles. The first-order valence-corrected chi connectivity index (χ1v) is 12.3. The van der Waals surface area contributed by atoms with Gasteiger partial charge in [0, 0.05) is 54.1 Å². The van der Waals surface area contributed by atoms with Crippen molar-refractivity contribution >= 4 is 11.7 Å². The van der Waals surface area contributed by atoms with Gasteiger partial charge >= 0.3 is 0 Å². The van der Waals surface area contributed by atoms with Crippen molar-refractivity contribution in [2.45, 2.75) is 57.7 Å². The zero-order valence-electron chi connectivity index (χ0n) is 21.4. The molecule has 3 atom stereocenters. The van der Waals surface area contributed by atoms with E-state index in [4.69, 9.17) is 9.47 Å². The summed E-state index contributed by atoms with van der Waals surface area (Å²) in [6.07, 6.45) is 8.50. The van der Waals surface area contributed by atoms with E-state index in [1.165, 1.54) is 0 Å². The number of ether oxygens (including phenoxy) is 2. The SMILES string of the molecule is COc1cc(CCc2cc(NC(=O)C3=CCC(C)(N4C[C@@H](C)N[C@@H](C)C4)C=C3)n[nH]2)cc(OC)c1. The fourth-order valence-corrected chi connectivity index (χ4v) is 4.90. The second kappa shape index (κ2) is 10.7. The number of methoxy groups -OCH3 is 2. The van der Waals surface area contributed by atoms with Gasteiger partial charge in [-0.3, -0.25) is 14.8 Å². The number of carbonyl (C=O) groups is 1. The standard InChI is InChI=1S/C27H37N5O3/c1-18-16-32(17-19(2)28-18)27(3)10-8-21(9-11-27)26(33)29-25-14-22(30-31-25)7-6-20-12-23(34-4)15-24(13-20)35-5/h8-10,12-15,18-19,28H,6-7,11,16-17H2,1-5H3,(H2,29,30,31,33)/t18-,19+,27?. The molecule has 0 bridgehead atoms. The second-order valence-corrected chi connectivity index (χ2v) is 9.88. The number of benzene rings is 1. The predicted molar refractivity (Wildman–Crippen MR) is 138 cm³/mol. The third-order valence-electron chi connectivity index (χ3n) is 6.87. The predicted octanol–water partition coefficient (Wildman–Crippen LogP) is 3.48. The number of H-pyrrole nitrogens is 1. The third-order valence-corrected chi connectivity index (χ3v) is 6.87. The first-order valence-electron chi connectivity index (χ1n) is 12.3. The molecule has 2 aromatic rings. The van der Waals surface area contributed by atoms with Gasteiger partial charge in [0.25, 0.3) is 5.91 Å². The van der Waals surface area contributed by atoms with Crippen molar-refractivity contribution in [1.29, 1.82) is 0 Å². The van der Waals surface area contributed by atoms with Gasteiger partial charge in [0.15, 0.2) is 5.82 Å². The molecule has 1 aliphatic carbocycles. The van der Waals surface area contributed by atoms with Crippen LogP contribution in [-0.2, 0) is 17.6 Å². The minimum absolute atomic E-state index is 0.0727. The summed E-state index contributed by atoms with van der Waals surface area (Å²) in [6, 6.07) is 8.65. The molecule has 0 radical (unpaired) electrons. The third kappa shape index (κ3) is 6.13. The highest BCUT2D eigenvalue weighted by atomic mass is 16.5. The van der Waals surface area contributed by atoms with Gasteiger partial charge in [-0.15, -0.1) is 0 Å². The maximum absolute atomic E-state index is 12.9. The van der Waals surface area contributed by atoms with Crippen LogP contribution < -0.4 is 20.1 Å². The van der Waals surface area contributed by atoms with Crippen LogP contribution in [0.25, 0.3) is 0 Å². The Bertz CT molecular complexity index is 1080. The Morgan fingerprint density at radius 1 is 1.11 bits per heavy atom. The number of nitrogens with one attached hydrogen (secondary N) is 3. The summed E-state index contributed by atoms with van der Waals surface area (Å²) in [5.74, 6) is 1.92. The molecule has 2 aliphatic rings. The summed E-state index contributed by atoms with van der Waals surface area (Å²) in [7, 11) is 3.29. The number of amides is 1. The highest BCUT2D eigenvalue weighted by Gasteiger charge is 2.35. The maximum atomic E-state index is 12.9. The fraction of sp³-hybridized carbons (Fsp3) is 0.481. The van der Waals surface area contributed by atoms with Crippen LogP contribution in [0.3, 0.4) is 0 Å². The number of hydrogen-bond acceptors (Lipinski definition) is 6. The van der Waals surface area contributed by atoms with E-state index >= 15 is 0 Å². The molecule has 1 aromatic carbocycles. The minimum Gasteiger partial charge on any atom is -0.497 e. The number of hydrogen-bond donors (Lipinski definition) is 3. The molecule has 1 aromatic heterocycles. The first kappa shape index (κ1) is 25.0. The zero-order valence-corrected chi connectivity index (χ0v) is 21.4. The molecule has 8 nitrogen and oxygen atoms in total. The van der Waals surface area contributed by atoms with Crippen molar-refractivity contribution < 1.29 is 14.3 Å². The Labute approximate surface area is 207 Å². The Morgan fingerprint density at radius 2 is 1.80 bits per heavy atom. The average Bonchev–Trinajstić information content (AvgIpc) is 3.29. The molecule has 2 heterocycles. The summed E-state index contributed by atoms with van der Waals surface area (Å²) in [5.41, 5.74) is 2.66. The normalized spacial score (nSPS) is 24.7. The topological polar surface area (TPSA) is 91.5 Å². The molecule has 0 saturated carbocycles. The second-order valence-electron chi connectivity index (χ2n) is 9.88. The molecule has 0 spiro atoms. The maximum Gasteiger partial charge on any atom is 0.256 e. The largest absolute Gasteiger partial charge is 0.497 e. The lowest BCUT2D eigenvalue weighted by atomic mass is 9.87. The van der Waals surface area contributed by atoms with E-state index in [2.05, 4.69) is 52.6 Å². The Kier molecular flexibility index (Phi) is 7.62. The zero-order chi connectivity index (χ0) is 25.0. The molecule has 8 heteroatoms. The van der Waals surface area contributed by atoms with Crippen LogP contribution in [0.2, 0.25) is 0 Å². The van der Waals surface area contributed by atoms with Gasteiger partial charge in [0.1, 0.15) is 11.5 Å². The van der Waals surface area contributed by atoms with Crippen LogP contribution in [0.15, 0.2) is 48.1 Å². The Hall–Kier alpha value is -3.10. The number of rotatable bonds is 8. The van der Waals surface area contributed by atoms with E-state index < -0.39 is 0 Å². The summed E-state index contributed by atoms with van der Waals surface area (Å²) < 4.78 is 10.7. The number of piperazine rings is 1. The summed E-state index contributed by atoms with van der Waals surface area (Å²) in [4.78, 5) is 15.4. The smallest absolute Gasteiger partial charge is 0.256 e. The van der Waals surface area contributed by atoms with Crippen molar-refractivity contribution in [3.63, 3.8) is 0 Å². The van der Waals surface area contributed by atoms with Gasteiger partial charge in [0.2, 0.25) is 0 Å². The van der Waals surface area contributed by atoms with E-state index in [9.17, 15) is 4.79 Å². The van der Waals surface area contributed by atoms with Crippen LogP contribution in [0.1, 0.15) is 38.4 Å². The van der Waals surface area contributed by atoms with Crippen LogP contribution in [0.5, 0.6) is 11.5 Å². The Balaban J connectivity index is 1.32. The summed E-state index contributed by atoms with van der Waals surface area (Å²) in [5, 5.41) is 13.8. The van der Waals surface area contributed by atoms with Crippen LogP contribution in [0, 0.1) is 0 Å². The molecule has 1 unspecified atom stereocenters. The van der Waals surface area contributed by atoms with Crippen molar-refractivity contribution in [2.24, 2.45) is 0 Å². The average molecular weight is 480 g/mol. The number of anilines is 1. The van der Waals surface area contributed by atoms with Crippen molar-refractivity contribution in [1.82, 2.24) is 20.4 Å². The number of aryl methyl sites for hydroxylation is 2. The van der Waals surface area contributed by atoms with E-state index in [1.54, 1.807) is 14.2 Å². The van der Waals surface area contributed by atoms with Gasteiger partial charge in [-0.05, 0) is 57.7 Å². The van der Waals surface area contributed by atoms with Crippen molar-refractivity contribution in [2.75, 3.05) is 32.6 Å². The monoisotopic (exact) mass is 479 g/mol. The molecular weight excluding hydrogens is 442 g/mol. The van der Waals surface area contributed by atoms with Gasteiger partial charge < -0.3 is 20.1 Å². The molecular formula is C27H37N5O3. The molecule has 188 valence electrons. The summed E-state index contributed by atoms with van der Waals surface area (Å²) >= 11 is 0. The Morgan fingerprint density at radius 3 is 2.40 bits per heavy atom. The van der Waals surface area contributed by atoms with E-state index in [1.807, 2.05) is 36.4 Å². The molecule has 1 amide bonds. The van der Waals surface area contributed by atoms with Gasteiger partial charge in [0.05, 0.1) is 14.2 Å². The highest BCUT2D eigenvalue weighted by Crippen LogP contribution is 2.29. The van der Waals surface area contributed by atoms with Crippen molar-refractivity contribution in [3.05, 3.63) is 59.3 Å².